The molecule has 4 nitrogen and oxygen atoms in total. The first kappa shape index (κ1) is 13.0. The Kier molecular flexibility index (Phi) is 3.58. The van der Waals surface area contributed by atoms with Crippen molar-refractivity contribution in [2.45, 2.75) is 38.0 Å². The van der Waals surface area contributed by atoms with Crippen LogP contribution in [0.3, 0.4) is 0 Å². The molecule has 20 heavy (non-hydrogen) atoms. The van der Waals surface area contributed by atoms with E-state index in [0.29, 0.717) is 24.6 Å². The zero-order valence-electron chi connectivity index (χ0n) is 11.0. The fraction of sp³-hybridized carbons (Fsp3) is 0.400. The van der Waals surface area contributed by atoms with Crippen LogP contribution < -0.4 is 0 Å². The van der Waals surface area contributed by atoms with Crippen LogP contribution in [0.15, 0.2) is 28.8 Å². The average molecular weight is 274 g/mol. The smallest absolute Gasteiger partial charge is 0.237 e. The number of benzene rings is 1. The lowest BCUT2D eigenvalue weighted by Crippen LogP contribution is -2.17. The standard InChI is InChI=1S/C15H15FN2O2/c16-11-5-3-4-10(8-11)9-14-17-15(20-18-14)12-6-1-2-7-13(12)19/h3-5,8,12H,1-2,6-7,9H2. The van der Waals surface area contributed by atoms with Crippen LogP contribution in [0.4, 0.5) is 4.39 Å². The molecule has 0 bridgehead atoms. The molecule has 1 aromatic carbocycles. The highest BCUT2D eigenvalue weighted by Crippen LogP contribution is 2.28. The number of hydrogen-bond acceptors (Lipinski definition) is 4. The summed E-state index contributed by atoms with van der Waals surface area (Å²) in [6, 6.07) is 6.30. The first-order valence-electron chi connectivity index (χ1n) is 6.82. The largest absolute Gasteiger partial charge is 0.339 e. The minimum atomic E-state index is -0.284. The van der Waals surface area contributed by atoms with Gasteiger partial charge in [0, 0.05) is 12.8 Å². The van der Waals surface area contributed by atoms with E-state index in [4.69, 9.17) is 4.52 Å². The number of carbonyl (C=O) groups is 1. The lowest BCUT2D eigenvalue weighted by molar-refractivity contribution is -0.122. The van der Waals surface area contributed by atoms with Gasteiger partial charge in [0.2, 0.25) is 5.89 Å². The molecule has 1 aliphatic carbocycles. The highest BCUT2D eigenvalue weighted by Gasteiger charge is 2.28. The quantitative estimate of drug-likeness (QED) is 0.863. The molecule has 1 unspecified atom stereocenters. The van der Waals surface area contributed by atoms with Gasteiger partial charge in [0.1, 0.15) is 11.6 Å². The number of Topliss-reactive ketones (excluding diaryl/α,β-unsaturated/α-hetero) is 1. The molecule has 5 heteroatoms. The Morgan fingerprint density at radius 1 is 1.35 bits per heavy atom. The van der Waals surface area contributed by atoms with E-state index in [2.05, 4.69) is 10.1 Å². The van der Waals surface area contributed by atoms with Gasteiger partial charge in [0.25, 0.3) is 0 Å². The summed E-state index contributed by atoms with van der Waals surface area (Å²) < 4.78 is 18.3. The van der Waals surface area contributed by atoms with Gasteiger partial charge in [-0.15, -0.1) is 0 Å². The second kappa shape index (κ2) is 5.53. The molecular formula is C15H15FN2O2. The Balaban J connectivity index is 1.75. The van der Waals surface area contributed by atoms with Gasteiger partial charge < -0.3 is 4.52 Å². The molecule has 0 N–H and O–H groups in total. The molecule has 1 heterocycles. The van der Waals surface area contributed by atoms with Gasteiger partial charge >= 0.3 is 0 Å². The molecule has 104 valence electrons. The van der Waals surface area contributed by atoms with Gasteiger partial charge in [-0.25, -0.2) is 4.39 Å². The number of rotatable bonds is 3. The van der Waals surface area contributed by atoms with Crippen molar-refractivity contribution in [1.29, 1.82) is 0 Å². The maximum atomic E-state index is 13.1. The molecule has 0 saturated heterocycles. The summed E-state index contributed by atoms with van der Waals surface area (Å²) in [5, 5.41) is 3.89. The average Bonchev–Trinajstić information content (AvgIpc) is 2.87. The fourth-order valence-electron chi connectivity index (χ4n) is 2.55. The van der Waals surface area contributed by atoms with Gasteiger partial charge in [-0.3, -0.25) is 4.79 Å². The van der Waals surface area contributed by atoms with Crippen LogP contribution in [0.25, 0.3) is 0 Å². The van der Waals surface area contributed by atoms with E-state index >= 15 is 0 Å². The van der Waals surface area contributed by atoms with Crippen LogP contribution in [0, 0.1) is 5.82 Å². The number of hydrogen-bond donors (Lipinski definition) is 0. The van der Waals surface area contributed by atoms with Crippen LogP contribution in [0.2, 0.25) is 0 Å². The Morgan fingerprint density at radius 2 is 2.25 bits per heavy atom. The summed E-state index contributed by atoms with van der Waals surface area (Å²) in [5.74, 6) is 0.536. The first-order chi connectivity index (χ1) is 9.72. The van der Waals surface area contributed by atoms with Crippen molar-refractivity contribution in [3.05, 3.63) is 47.4 Å². The van der Waals surface area contributed by atoms with E-state index in [-0.39, 0.29) is 17.5 Å². The number of ketones is 1. The SMILES string of the molecule is O=C1CCCCC1c1nc(Cc2cccc(F)c2)no1. The van der Waals surface area contributed by atoms with Crippen molar-refractivity contribution in [3.8, 4) is 0 Å². The Labute approximate surface area is 116 Å². The van der Waals surface area contributed by atoms with E-state index in [1.807, 2.05) is 6.07 Å². The van der Waals surface area contributed by atoms with Crippen molar-refractivity contribution < 1.29 is 13.7 Å². The number of nitrogens with zero attached hydrogens (tertiary/aromatic N) is 2. The lowest BCUT2D eigenvalue weighted by atomic mass is 9.88. The van der Waals surface area contributed by atoms with Crippen LogP contribution in [0.5, 0.6) is 0 Å². The normalized spacial score (nSPS) is 19.2. The second-order valence-corrected chi connectivity index (χ2v) is 5.12. The van der Waals surface area contributed by atoms with E-state index < -0.39 is 0 Å². The molecule has 2 aromatic rings. The molecule has 0 aliphatic heterocycles. The van der Waals surface area contributed by atoms with E-state index in [1.54, 1.807) is 6.07 Å². The Morgan fingerprint density at radius 3 is 3.05 bits per heavy atom. The topological polar surface area (TPSA) is 56.0 Å². The Hall–Kier alpha value is -2.04. The van der Waals surface area contributed by atoms with Crippen LogP contribution in [0.1, 0.15) is 48.9 Å². The molecule has 0 amide bonds. The third-order valence-electron chi connectivity index (χ3n) is 3.59. The van der Waals surface area contributed by atoms with Crippen molar-refractivity contribution >= 4 is 5.78 Å². The Bertz CT molecular complexity index is 624. The molecule has 3 rings (SSSR count). The minimum Gasteiger partial charge on any atom is -0.339 e. The van der Waals surface area contributed by atoms with Gasteiger partial charge in [0.15, 0.2) is 5.82 Å². The summed E-state index contributed by atoms with van der Waals surface area (Å²) in [6.45, 7) is 0. The fourth-order valence-corrected chi connectivity index (χ4v) is 2.55. The minimum absolute atomic E-state index is 0.178. The van der Waals surface area contributed by atoms with Gasteiger partial charge in [-0.2, -0.15) is 4.98 Å². The van der Waals surface area contributed by atoms with Gasteiger partial charge in [0.05, 0.1) is 5.92 Å². The molecule has 1 aromatic heterocycles. The molecule has 1 atom stereocenters. The van der Waals surface area contributed by atoms with Crippen LogP contribution >= 0.6 is 0 Å². The third-order valence-corrected chi connectivity index (χ3v) is 3.59. The molecular weight excluding hydrogens is 259 g/mol. The van der Waals surface area contributed by atoms with Crippen LogP contribution in [-0.4, -0.2) is 15.9 Å². The number of aromatic nitrogens is 2. The second-order valence-electron chi connectivity index (χ2n) is 5.12. The molecule has 1 fully saturated rings. The summed E-state index contributed by atoms with van der Waals surface area (Å²) in [7, 11) is 0. The summed E-state index contributed by atoms with van der Waals surface area (Å²) in [4.78, 5) is 16.1. The van der Waals surface area contributed by atoms with Crippen LogP contribution in [-0.2, 0) is 11.2 Å². The first-order valence-corrected chi connectivity index (χ1v) is 6.82. The highest BCUT2D eigenvalue weighted by molar-refractivity contribution is 5.85. The van der Waals surface area contributed by atoms with Crippen molar-refractivity contribution in [2.24, 2.45) is 0 Å². The molecule has 1 saturated carbocycles. The van der Waals surface area contributed by atoms with Gasteiger partial charge in [-0.1, -0.05) is 23.7 Å². The zero-order chi connectivity index (χ0) is 13.9. The predicted molar refractivity (Wildman–Crippen MR) is 69.7 cm³/mol. The van der Waals surface area contributed by atoms with Gasteiger partial charge in [-0.05, 0) is 30.5 Å². The summed E-state index contributed by atoms with van der Waals surface area (Å²) in [5.41, 5.74) is 0.785. The molecule has 0 radical (unpaired) electrons. The maximum absolute atomic E-state index is 13.1. The zero-order valence-corrected chi connectivity index (χ0v) is 11.0. The van der Waals surface area contributed by atoms with E-state index in [0.717, 1.165) is 24.8 Å². The van der Waals surface area contributed by atoms with Crippen molar-refractivity contribution in [2.75, 3.05) is 0 Å². The maximum Gasteiger partial charge on any atom is 0.237 e. The molecule has 0 spiro atoms. The summed E-state index contributed by atoms with van der Waals surface area (Å²) >= 11 is 0. The third kappa shape index (κ3) is 2.76. The number of carbonyl (C=O) groups excluding carboxylic acids is 1. The highest BCUT2D eigenvalue weighted by atomic mass is 19.1. The predicted octanol–water partition coefficient (Wildman–Crippen LogP) is 3.03. The number of halogens is 1. The van der Waals surface area contributed by atoms with E-state index in [1.165, 1.54) is 12.1 Å². The summed E-state index contributed by atoms with van der Waals surface area (Å²) in [6.07, 6.45) is 3.73. The monoisotopic (exact) mass is 274 g/mol. The lowest BCUT2D eigenvalue weighted by Gasteiger charge is -2.16. The van der Waals surface area contributed by atoms with Crippen molar-refractivity contribution in [1.82, 2.24) is 10.1 Å². The molecule has 1 aliphatic rings. The van der Waals surface area contributed by atoms with E-state index in [9.17, 15) is 9.18 Å². The van der Waals surface area contributed by atoms with Crippen molar-refractivity contribution in [3.63, 3.8) is 0 Å².